The molecule has 20 heavy (non-hydrogen) atoms. The minimum Gasteiger partial charge on any atom is -0.384 e. The standard InChI is InChI=1S/C16H24N4/c1-10(20-15-5-14(17)18-9-19-15)16-6-11-2-12(7-16)4-13(3-11)8-16/h5,9-13H,2-4,6-8H2,1H3,(H3,17,18,19,20). The highest BCUT2D eigenvalue weighted by Crippen LogP contribution is 2.61. The fraction of sp³-hybridized carbons (Fsp3) is 0.750. The molecule has 1 aromatic rings. The van der Waals surface area contributed by atoms with Gasteiger partial charge >= 0.3 is 0 Å². The van der Waals surface area contributed by atoms with Gasteiger partial charge < -0.3 is 11.1 Å². The maximum absolute atomic E-state index is 5.75. The van der Waals surface area contributed by atoms with Crippen molar-refractivity contribution in [1.29, 1.82) is 0 Å². The fourth-order valence-electron chi connectivity index (χ4n) is 5.53. The van der Waals surface area contributed by atoms with Crippen LogP contribution in [0.3, 0.4) is 0 Å². The van der Waals surface area contributed by atoms with Crippen LogP contribution in [-0.2, 0) is 0 Å². The van der Waals surface area contributed by atoms with Crippen LogP contribution in [0.4, 0.5) is 11.6 Å². The molecule has 0 aromatic carbocycles. The summed E-state index contributed by atoms with van der Waals surface area (Å²) in [5, 5.41) is 3.61. The summed E-state index contributed by atoms with van der Waals surface area (Å²) in [6.45, 7) is 2.34. The Morgan fingerprint density at radius 2 is 1.75 bits per heavy atom. The Bertz CT molecular complexity index is 478. The summed E-state index contributed by atoms with van der Waals surface area (Å²) in [6.07, 6.45) is 10.3. The van der Waals surface area contributed by atoms with Crippen LogP contribution in [0.1, 0.15) is 45.4 Å². The Morgan fingerprint density at radius 3 is 2.30 bits per heavy atom. The molecule has 0 spiro atoms. The van der Waals surface area contributed by atoms with Gasteiger partial charge in [-0.3, -0.25) is 0 Å². The zero-order chi connectivity index (χ0) is 13.7. The quantitative estimate of drug-likeness (QED) is 0.887. The Labute approximate surface area is 120 Å². The molecule has 0 aliphatic heterocycles. The number of hydrogen-bond donors (Lipinski definition) is 2. The number of nitrogens with one attached hydrogen (secondary N) is 1. The smallest absolute Gasteiger partial charge is 0.131 e. The molecule has 0 amide bonds. The maximum atomic E-state index is 5.75. The lowest BCUT2D eigenvalue weighted by Crippen LogP contribution is -2.53. The third-order valence-electron chi connectivity index (χ3n) is 6.06. The summed E-state index contributed by atoms with van der Waals surface area (Å²) >= 11 is 0. The third-order valence-corrected chi connectivity index (χ3v) is 6.06. The zero-order valence-electron chi connectivity index (χ0n) is 12.2. The van der Waals surface area contributed by atoms with Gasteiger partial charge in [0.25, 0.3) is 0 Å². The van der Waals surface area contributed by atoms with Crippen LogP contribution < -0.4 is 11.1 Å². The van der Waals surface area contributed by atoms with Gasteiger partial charge in [-0.25, -0.2) is 9.97 Å². The molecule has 0 saturated heterocycles. The molecular formula is C16H24N4. The Hall–Kier alpha value is -1.32. The van der Waals surface area contributed by atoms with Crippen molar-refractivity contribution < 1.29 is 0 Å². The van der Waals surface area contributed by atoms with Crippen molar-refractivity contribution in [3.8, 4) is 0 Å². The van der Waals surface area contributed by atoms with E-state index in [1.54, 1.807) is 6.33 Å². The second-order valence-electron chi connectivity index (χ2n) is 7.47. The molecule has 5 rings (SSSR count). The predicted molar refractivity (Wildman–Crippen MR) is 80.1 cm³/mol. The summed E-state index contributed by atoms with van der Waals surface area (Å²) in [5.41, 5.74) is 6.24. The lowest BCUT2D eigenvalue weighted by Gasteiger charge is -2.59. The van der Waals surface area contributed by atoms with E-state index in [4.69, 9.17) is 5.73 Å². The average Bonchev–Trinajstić information content (AvgIpc) is 2.37. The van der Waals surface area contributed by atoms with Gasteiger partial charge in [0.05, 0.1) is 0 Å². The molecule has 4 bridgehead atoms. The first-order valence-corrected chi connectivity index (χ1v) is 7.97. The summed E-state index contributed by atoms with van der Waals surface area (Å²) < 4.78 is 0. The normalized spacial score (nSPS) is 39.8. The Morgan fingerprint density at radius 1 is 1.15 bits per heavy atom. The summed E-state index contributed by atoms with van der Waals surface area (Å²) in [5.74, 6) is 4.38. The van der Waals surface area contributed by atoms with Gasteiger partial charge in [0, 0.05) is 12.1 Å². The van der Waals surface area contributed by atoms with Crippen molar-refractivity contribution in [2.45, 2.75) is 51.5 Å². The van der Waals surface area contributed by atoms with E-state index in [9.17, 15) is 0 Å². The third kappa shape index (κ3) is 1.97. The van der Waals surface area contributed by atoms with Gasteiger partial charge in [-0.2, -0.15) is 0 Å². The van der Waals surface area contributed by atoms with Crippen molar-refractivity contribution in [3.63, 3.8) is 0 Å². The molecule has 1 heterocycles. The van der Waals surface area contributed by atoms with Gasteiger partial charge in [-0.1, -0.05) is 0 Å². The molecule has 4 nitrogen and oxygen atoms in total. The number of nitrogen functional groups attached to an aromatic ring is 1. The van der Waals surface area contributed by atoms with E-state index in [0.717, 1.165) is 23.6 Å². The van der Waals surface area contributed by atoms with Crippen LogP contribution in [0, 0.1) is 23.2 Å². The van der Waals surface area contributed by atoms with Gasteiger partial charge in [-0.15, -0.1) is 0 Å². The molecule has 4 fully saturated rings. The summed E-state index contributed by atoms with van der Waals surface area (Å²) in [4.78, 5) is 8.27. The highest BCUT2D eigenvalue weighted by molar-refractivity contribution is 5.44. The highest BCUT2D eigenvalue weighted by atomic mass is 15.1. The van der Waals surface area contributed by atoms with E-state index < -0.39 is 0 Å². The van der Waals surface area contributed by atoms with Crippen LogP contribution in [0.5, 0.6) is 0 Å². The number of anilines is 2. The van der Waals surface area contributed by atoms with E-state index in [1.807, 2.05) is 6.07 Å². The lowest BCUT2D eigenvalue weighted by molar-refractivity contribution is -0.0603. The van der Waals surface area contributed by atoms with Crippen molar-refractivity contribution in [2.24, 2.45) is 23.2 Å². The second kappa shape index (κ2) is 4.34. The summed E-state index contributed by atoms with van der Waals surface area (Å²) in [7, 11) is 0. The van der Waals surface area contributed by atoms with Crippen molar-refractivity contribution in [2.75, 3.05) is 11.1 Å². The molecule has 4 saturated carbocycles. The first-order chi connectivity index (χ1) is 9.63. The van der Waals surface area contributed by atoms with E-state index in [0.29, 0.717) is 17.3 Å². The molecule has 0 radical (unpaired) electrons. The number of nitrogens with two attached hydrogens (primary N) is 1. The van der Waals surface area contributed by atoms with Crippen LogP contribution >= 0.6 is 0 Å². The topological polar surface area (TPSA) is 63.8 Å². The lowest BCUT2D eigenvalue weighted by atomic mass is 9.48. The zero-order valence-corrected chi connectivity index (χ0v) is 12.2. The molecule has 4 heteroatoms. The molecule has 1 unspecified atom stereocenters. The number of nitrogens with zero attached hydrogens (tertiary/aromatic N) is 2. The molecule has 108 valence electrons. The van der Waals surface area contributed by atoms with Gasteiger partial charge in [0.1, 0.15) is 18.0 Å². The maximum Gasteiger partial charge on any atom is 0.131 e. The van der Waals surface area contributed by atoms with Crippen molar-refractivity contribution in [3.05, 3.63) is 12.4 Å². The second-order valence-corrected chi connectivity index (χ2v) is 7.47. The first-order valence-electron chi connectivity index (χ1n) is 7.97. The van der Waals surface area contributed by atoms with Crippen molar-refractivity contribution >= 4 is 11.6 Å². The molecular weight excluding hydrogens is 248 g/mol. The first kappa shape index (κ1) is 12.4. The fourth-order valence-corrected chi connectivity index (χ4v) is 5.53. The number of hydrogen-bond acceptors (Lipinski definition) is 4. The minimum absolute atomic E-state index is 0.477. The van der Waals surface area contributed by atoms with E-state index in [2.05, 4.69) is 22.2 Å². The van der Waals surface area contributed by atoms with Crippen molar-refractivity contribution in [1.82, 2.24) is 9.97 Å². The molecule has 1 atom stereocenters. The monoisotopic (exact) mass is 272 g/mol. The largest absolute Gasteiger partial charge is 0.384 e. The molecule has 1 aromatic heterocycles. The SMILES string of the molecule is CC(Nc1cc(N)ncn1)C12CC3CC(CC(C3)C1)C2. The van der Waals surface area contributed by atoms with Gasteiger partial charge in [0.2, 0.25) is 0 Å². The summed E-state index contributed by atoms with van der Waals surface area (Å²) in [6, 6.07) is 2.32. The molecule has 4 aliphatic rings. The van der Waals surface area contributed by atoms with Crippen LogP contribution in [0.2, 0.25) is 0 Å². The average molecular weight is 272 g/mol. The number of aromatic nitrogens is 2. The molecule has 3 N–H and O–H groups in total. The highest BCUT2D eigenvalue weighted by Gasteiger charge is 2.53. The molecule has 4 aliphatic carbocycles. The van der Waals surface area contributed by atoms with Crippen LogP contribution in [0.15, 0.2) is 12.4 Å². The Kier molecular flexibility index (Phi) is 2.69. The number of rotatable bonds is 3. The Balaban J connectivity index is 1.54. The van der Waals surface area contributed by atoms with Gasteiger partial charge in [-0.05, 0) is 68.6 Å². The van der Waals surface area contributed by atoms with E-state index >= 15 is 0 Å². The van der Waals surface area contributed by atoms with Crippen LogP contribution in [0.25, 0.3) is 0 Å². The minimum atomic E-state index is 0.477. The van der Waals surface area contributed by atoms with Crippen LogP contribution in [-0.4, -0.2) is 16.0 Å². The predicted octanol–water partition coefficient (Wildman–Crippen LogP) is 3.08. The van der Waals surface area contributed by atoms with E-state index in [1.165, 1.54) is 38.5 Å². The van der Waals surface area contributed by atoms with E-state index in [-0.39, 0.29) is 0 Å². The van der Waals surface area contributed by atoms with Gasteiger partial charge in [0.15, 0.2) is 0 Å².